The van der Waals surface area contributed by atoms with Crippen molar-refractivity contribution in [1.82, 2.24) is 14.9 Å². The maximum absolute atomic E-state index is 12.6. The van der Waals surface area contributed by atoms with Crippen molar-refractivity contribution in [3.8, 4) is 0 Å². The zero-order valence-electron chi connectivity index (χ0n) is 10.9. The molecule has 0 fully saturated rings. The standard InChI is InChI=1S/C12H21F2N3O/c1-12(2,4-3-7-18)9-15-8-10-16-5-6-17(10)11(13)14/h5-6,11,15,18H,3-4,7-9H2,1-2H3. The molecule has 0 aliphatic carbocycles. The number of rotatable bonds is 8. The normalized spacial score (nSPS) is 12.3. The third-order valence-electron chi connectivity index (χ3n) is 2.86. The molecule has 0 aliphatic heterocycles. The summed E-state index contributed by atoms with van der Waals surface area (Å²) in [5.74, 6) is 0.336. The molecular weight excluding hydrogens is 240 g/mol. The molecule has 0 unspecified atom stereocenters. The van der Waals surface area contributed by atoms with Gasteiger partial charge in [0.25, 0.3) is 0 Å². The molecule has 0 radical (unpaired) electrons. The predicted molar refractivity (Wildman–Crippen MR) is 65.3 cm³/mol. The van der Waals surface area contributed by atoms with E-state index < -0.39 is 6.55 Å². The summed E-state index contributed by atoms with van der Waals surface area (Å²) in [4.78, 5) is 3.90. The van der Waals surface area contributed by atoms with E-state index in [4.69, 9.17) is 5.11 Å². The van der Waals surface area contributed by atoms with Crippen molar-refractivity contribution in [3.63, 3.8) is 0 Å². The highest BCUT2D eigenvalue weighted by Crippen LogP contribution is 2.21. The smallest absolute Gasteiger partial charge is 0.319 e. The Hall–Kier alpha value is -1.01. The van der Waals surface area contributed by atoms with E-state index in [0.29, 0.717) is 18.9 Å². The maximum atomic E-state index is 12.6. The number of aliphatic hydroxyl groups excluding tert-OH is 1. The maximum Gasteiger partial charge on any atom is 0.319 e. The van der Waals surface area contributed by atoms with Gasteiger partial charge in [-0.3, -0.25) is 4.57 Å². The minimum absolute atomic E-state index is 0.0327. The average molecular weight is 261 g/mol. The molecule has 104 valence electrons. The number of nitrogens with zero attached hydrogens (tertiary/aromatic N) is 2. The van der Waals surface area contributed by atoms with Crippen LogP contribution in [0.25, 0.3) is 0 Å². The van der Waals surface area contributed by atoms with E-state index in [1.807, 2.05) is 0 Å². The molecule has 0 atom stereocenters. The van der Waals surface area contributed by atoms with Gasteiger partial charge >= 0.3 is 6.55 Å². The highest BCUT2D eigenvalue weighted by atomic mass is 19.3. The second-order valence-electron chi connectivity index (χ2n) is 5.12. The van der Waals surface area contributed by atoms with Crippen molar-refractivity contribution >= 4 is 0 Å². The van der Waals surface area contributed by atoms with Crippen molar-refractivity contribution in [1.29, 1.82) is 0 Å². The van der Waals surface area contributed by atoms with Gasteiger partial charge in [-0.15, -0.1) is 0 Å². The molecule has 1 heterocycles. The average Bonchev–Trinajstić information content (AvgIpc) is 2.74. The van der Waals surface area contributed by atoms with Gasteiger partial charge in [-0.05, 0) is 18.3 Å². The molecule has 0 bridgehead atoms. The lowest BCUT2D eigenvalue weighted by Crippen LogP contribution is -2.30. The topological polar surface area (TPSA) is 50.1 Å². The number of hydrogen-bond donors (Lipinski definition) is 2. The summed E-state index contributed by atoms with van der Waals surface area (Å²) in [5.41, 5.74) is 0.0327. The lowest BCUT2D eigenvalue weighted by Gasteiger charge is -2.24. The van der Waals surface area contributed by atoms with E-state index in [9.17, 15) is 8.78 Å². The quantitative estimate of drug-likeness (QED) is 0.754. The van der Waals surface area contributed by atoms with Gasteiger partial charge in [-0.25, -0.2) is 4.98 Å². The van der Waals surface area contributed by atoms with Gasteiger partial charge < -0.3 is 10.4 Å². The number of nitrogens with one attached hydrogen (secondary N) is 1. The first-order chi connectivity index (χ1) is 8.46. The molecule has 1 rings (SSSR count). The summed E-state index contributed by atoms with van der Waals surface area (Å²) in [6.07, 6.45) is 4.29. The van der Waals surface area contributed by atoms with Crippen LogP contribution in [0.2, 0.25) is 0 Å². The van der Waals surface area contributed by atoms with Crippen LogP contribution in [0.4, 0.5) is 8.78 Å². The highest BCUT2D eigenvalue weighted by Gasteiger charge is 2.17. The van der Waals surface area contributed by atoms with Crippen molar-refractivity contribution in [2.24, 2.45) is 5.41 Å². The third kappa shape index (κ3) is 4.70. The summed E-state index contributed by atoms with van der Waals surface area (Å²) in [6, 6.07) is 0. The molecular formula is C12H21F2N3O. The minimum atomic E-state index is -2.55. The SMILES string of the molecule is CC(C)(CCCO)CNCc1nccn1C(F)F. The first-order valence-electron chi connectivity index (χ1n) is 6.08. The Morgan fingerprint density at radius 1 is 1.50 bits per heavy atom. The molecule has 0 saturated carbocycles. The fourth-order valence-electron chi connectivity index (χ4n) is 1.82. The zero-order chi connectivity index (χ0) is 13.6. The third-order valence-corrected chi connectivity index (χ3v) is 2.86. The van der Waals surface area contributed by atoms with Crippen LogP contribution in [0.15, 0.2) is 12.4 Å². The lowest BCUT2D eigenvalue weighted by atomic mass is 9.88. The molecule has 18 heavy (non-hydrogen) atoms. The predicted octanol–water partition coefficient (Wildman–Crippen LogP) is 2.17. The van der Waals surface area contributed by atoms with Crippen molar-refractivity contribution < 1.29 is 13.9 Å². The van der Waals surface area contributed by atoms with Crippen LogP contribution in [0, 0.1) is 5.41 Å². The Morgan fingerprint density at radius 2 is 2.22 bits per heavy atom. The Kier molecular flexibility index (Phi) is 5.68. The molecule has 0 amide bonds. The first kappa shape index (κ1) is 15.0. The van der Waals surface area contributed by atoms with Crippen LogP contribution >= 0.6 is 0 Å². The Labute approximate surface area is 106 Å². The molecule has 0 saturated heterocycles. The first-order valence-corrected chi connectivity index (χ1v) is 6.08. The molecule has 0 aromatic carbocycles. The van der Waals surface area contributed by atoms with Crippen molar-refractivity contribution in [2.75, 3.05) is 13.2 Å². The van der Waals surface area contributed by atoms with Crippen molar-refractivity contribution in [3.05, 3.63) is 18.2 Å². The summed E-state index contributed by atoms with van der Waals surface area (Å²) in [7, 11) is 0. The number of hydrogen-bond acceptors (Lipinski definition) is 3. The molecule has 0 spiro atoms. The number of alkyl halides is 2. The van der Waals surface area contributed by atoms with Crippen LogP contribution in [-0.2, 0) is 6.54 Å². The van der Waals surface area contributed by atoms with E-state index in [0.717, 1.165) is 17.4 Å². The molecule has 1 aromatic rings. The fraction of sp³-hybridized carbons (Fsp3) is 0.750. The molecule has 2 N–H and O–H groups in total. The van der Waals surface area contributed by atoms with Crippen LogP contribution < -0.4 is 5.32 Å². The van der Waals surface area contributed by atoms with Crippen LogP contribution in [-0.4, -0.2) is 27.8 Å². The van der Waals surface area contributed by atoms with E-state index in [2.05, 4.69) is 24.1 Å². The monoisotopic (exact) mass is 261 g/mol. The van der Waals surface area contributed by atoms with Gasteiger partial charge in [0.15, 0.2) is 0 Å². The van der Waals surface area contributed by atoms with Gasteiger partial charge in [0.05, 0.1) is 6.54 Å². The van der Waals surface area contributed by atoms with Gasteiger partial charge in [0.2, 0.25) is 0 Å². The van der Waals surface area contributed by atoms with Gasteiger partial charge in [-0.1, -0.05) is 13.8 Å². The Bertz CT molecular complexity index is 353. The van der Waals surface area contributed by atoms with E-state index in [1.165, 1.54) is 12.4 Å². The second-order valence-corrected chi connectivity index (χ2v) is 5.12. The lowest BCUT2D eigenvalue weighted by molar-refractivity contribution is 0.0665. The van der Waals surface area contributed by atoms with Crippen LogP contribution in [0.5, 0.6) is 0 Å². The molecule has 1 aromatic heterocycles. The molecule has 4 nitrogen and oxygen atoms in total. The second kappa shape index (κ2) is 6.80. The van der Waals surface area contributed by atoms with E-state index in [1.54, 1.807) is 0 Å². The van der Waals surface area contributed by atoms with Crippen molar-refractivity contribution in [2.45, 2.75) is 39.8 Å². The molecule has 0 aliphatic rings. The number of halogens is 2. The zero-order valence-corrected chi connectivity index (χ0v) is 10.9. The number of aliphatic hydroxyl groups is 1. The summed E-state index contributed by atoms with van der Waals surface area (Å²) >= 11 is 0. The summed E-state index contributed by atoms with van der Waals surface area (Å²) in [5, 5.41) is 11.9. The minimum Gasteiger partial charge on any atom is -0.396 e. The van der Waals surface area contributed by atoms with Gasteiger partial charge in [0, 0.05) is 25.5 Å². The Balaban J connectivity index is 2.39. The number of aromatic nitrogens is 2. The number of imidazole rings is 1. The van der Waals surface area contributed by atoms with Crippen LogP contribution in [0.1, 0.15) is 39.1 Å². The van der Waals surface area contributed by atoms with E-state index in [-0.39, 0.29) is 12.0 Å². The summed E-state index contributed by atoms with van der Waals surface area (Å²) < 4.78 is 26.0. The largest absolute Gasteiger partial charge is 0.396 e. The van der Waals surface area contributed by atoms with Crippen LogP contribution in [0.3, 0.4) is 0 Å². The summed E-state index contributed by atoms with van der Waals surface area (Å²) in [6.45, 7) is 2.80. The Morgan fingerprint density at radius 3 is 2.83 bits per heavy atom. The highest BCUT2D eigenvalue weighted by molar-refractivity contribution is 4.92. The van der Waals surface area contributed by atoms with Gasteiger partial charge in [-0.2, -0.15) is 8.78 Å². The fourth-order valence-corrected chi connectivity index (χ4v) is 1.82. The van der Waals surface area contributed by atoms with Gasteiger partial charge in [0.1, 0.15) is 5.82 Å². The van der Waals surface area contributed by atoms with E-state index >= 15 is 0 Å². The molecule has 6 heteroatoms.